The molecule has 0 spiro atoms. The van der Waals surface area contributed by atoms with Gasteiger partial charge in [-0.25, -0.2) is 4.98 Å². The van der Waals surface area contributed by atoms with Gasteiger partial charge in [0, 0.05) is 30.6 Å². The number of nitrogens with zero attached hydrogens (tertiary/aromatic N) is 1. The molecule has 0 aliphatic carbocycles. The molecule has 0 aliphatic rings. The van der Waals surface area contributed by atoms with Gasteiger partial charge in [0.05, 0.1) is 6.61 Å². The van der Waals surface area contributed by atoms with E-state index in [1.165, 1.54) is 0 Å². The topological polar surface area (TPSA) is 34.1 Å². The fraction of sp³-hybridized carbons (Fsp3) is 0.353. The molecular formula is C17H22N2O. The van der Waals surface area contributed by atoms with Gasteiger partial charge in [-0.2, -0.15) is 0 Å². The molecule has 0 amide bonds. The fourth-order valence-electron chi connectivity index (χ4n) is 1.81. The highest BCUT2D eigenvalue weighted by Gasteiger charge is 2.03. The van der Waals surface area contributed by atoms with Crippen LogP contribution in [-0.2, 0) is 0 Å². The van der Waals surface area contributed by atoms with Crippen molar-refractivity contribution in [1.29, 1.82) is 0 Å². The van der Waals surface area contributed by atoms with E-state index in [0.29, 0.717) is 11.8 Å². The van der Waals surface area contributed by atoms with Crippen molar-refractivity contribution < 1.29 is 4.74 Å². The number of hydrogen-bond donors (Lipinski definition) is 1. The molecule has 1 atom stereocenters. The average molecular weight is 270 g/mol. The van der Waals surface area contributed by atoms with Crippen molar-refractivity contribution in [3.63, 3.8) is 0 Å². The monoisotopic (exact) mass is 270 g/mol. The molecular weight excluding hydrogens is 248 g/mol. The average Bonchev–Trinajstić information content (AvgIpc) is 2.53. The summed E-state index contributed by atoms with van der Waals surface area (Å²) < 4.78 is 5.66. The van der Waals surface area contributed by atoms with Gasteiger partial charge in [-0.1, -0.05) is 32.4 Å². The van der Waals surface area contributed by atoms with Crippen LogP contribution in [0.4, 0.5) is 5.69 Å². The Labute approximate surface area is 121 Å². The van der Waals surface area contributed by atoms with E-state index in [0.717, 1.165) is 29.8 Å². The maximum atomic E-state index is 5.66. The second kappa shape index (κ2) is 6.94. The Morgan fingerprint density at radius 2 is 1.80 bits per heavy atom. The zero-order valence-corrected chi connectivity index (χ0v) is 12.4. The molecule has 0 bridgehead atoms. The van der Waals surface area contributed by atoms with Gasteiger partial charge in [-0.05, 0) is 29.7 Å². The molecule has 1 aromatic carbocycles. The molecule has 106 valence electrons. The Hall–Kier alpha value is -2.03. The van der Waals surface area contributed by atoms with E-state index in [-0.39, 0.29) is 0 Å². The van der Waals surface area contributed by atoms with Gasteiger partial charge in [0.15, 0.2) is 0 Å². The summed E-state index contributed by atoms with van der Waals surface area (Å²) in [6.07, 6.45) is 2.98. The van der Waals surface area contributed by atoms with Gasteiger partial charge >= 0.3 is 0 Å². The van der Waals surface area contributed by atoms with Crippen molar-refractivity contribution in [2.75, 3.05) is 19.0 Å². The first-order valence-electron chi connectivity index (χ1n) is 7.10. The summed E-state index contributed by atoms with van der Waals surface area (Å²) in [4.78, 5) is 4.37. The Balaban J connectivity index is 2.03. The summed E-state index contributed by atoms with van der Waals surface area (Å²) in [7, 11) is 1.92. The van der Waals surface area contributed by atoms with Crippen molar-refractivity contribution in [3.05, 3.63) is 42.6 Å². The van der Waals surface area contributed by atoms with Crippen molar-refractivity contribution in [1.82, 2.24) is 4.98 Å². The molecule has 3 heteroatoms. The lowest BCUT2D eigenvalue weighted by Crippen LogP contribution is -2.07. The first-order valence-corrected chi connectivity index (χ1v) is 7.10. The van der Waals surface area contributed by atoms with Gasteiger partial charge in [-0.3, -0.25) is 0 Å². The molecule has 3 nitrogen and oxygen atoms in total. The molecule has 0 fully saturated rings. The van der Waals surface area contributed by atoms with E-state index < -0.39 is 0 Å². The number of ether oxygens (including phenoxy) is 1. The Morgan fingerprint density at radius 1 is 1.10 bits per heavy atom. The van der Waals surface area contributed by atoms with Crippen LogP contribution in [0.5, 0.6) is 5.88 Å². The molecule has 0 saturated heterocycles. The Bertz CT molecular complexity index is 520. The molecule has 0 radical (unpaired) electrons. The normalized spacial score (nSPS) is 11.9. The largest absolute Gasteiger partial charge is 0.477 e. The van der Waals surface area contributed by atoms with E-state index in [1.807, 2.05) is 25.4 Å². The lowest BCUT2D eigenvalue weighted by molar-refractivity contribution is 0.248. The van der Waals surface area contributed by atoms with Crippen LogP contribution in [-0.4, -0.2) is 18.6 Å². The van der Waals surface area contributed by atoms with Crippen molar-refractivity contribution in [2.45, 2.75) is 20.3 Å². The van der Waals surface area contributed by atoms with Crippen LogP contribution in [0.3, 0.4) is 0 Å². The van der Waals surface area contributed by atoms with E-state index >= 15 is 0 Å². The first kappa shape index (κ1) is 14.4. The standard InChI is InChI=1S/C17H22N2O/c1-4-13(2)12-20-17-10-7-15(11-19-17)14-5-8-16(18-3)9-6-14/h5-11,13,18H,4,12H2,1-3H3. The predicted molar refractivity (Wildman–Crippen MR) is 84.2 cm³/mol. The molecule has 0 saturated carbocycles. The lowest BCUT2D eigenvalue weighted by Gasteiger charge is -2.10. The minimum absolute atomic E-state index is 0.561. The van der Waals surface area contributed by atoms with E-state index in [2.05, 4.69) is 48.4 Å². The minimum Gasteiger partial charge on any atom is -0.477 e. The third-order valence-electron chi connectivity index (χ3n) is 3.46. The number of nitrogens with one attached hydrogen (secondary N) is 1. The zero-order chi connectivity index (χ0) is 14.4. The zero-order valence-electron chi connectivity index (χ0n) is 12.4. The van der Waals surface area contributed by atoms with Crippen LogP contribution in [0.25, 0.3) is 11.1 Å². The molecule has 1 unspecified atom stereocenters. The number of benzene rings is 1. The van der Waals surface area contributed by atoms with Crippen LogP contribution in [0.1, 0.15) is 20.3 Å². The Morgan fingerprint density at radius 3 is 2.35 bits per heavy atom. The third-order valence-corrected chi connectivity index (χ3v) is 3.46. The van der Waals surface area contributed by atoms with E-state index in [4.69, 9.17) is 4.74 Å². The molecule has 1 heterocycles. The first-order chi connectivity index (χ1) is 9.72. The van der Waals surface area contributed by atoms with Crippen molar-refractivity contribution >= 4 is 5.69 Å². The van der Waals surface area contributed by atoms with Crippen LogP contribution in [0.2, 0.25) is 0 Å². The fourth-order valence-corrected chi connectivity index (χ4v) is 1.81. The summed E-state index contributed by atoms with van der Waals surface area (Å²) in [5, 5.41) is 3.11. The number of anilines is 1. The van der Waals surface area contributed by atoms with Gasteiger partial charge in [0.1, 0.15) is 0 Å². The highest BCUT2D eigenvalue weighted by Crippen LogP contribution is 2.22. The Kier molecular flexibility index (Phi) is 4.99. The predicted octanol–water partition coefficient (Wildman–Crippen LogP) is 4.22. The van der Waals surface area contributed by atoms with Crippen molar-refractivity contribution in [3.8, 4) is 17.0 Å². The molecule has 1 N–H and O–H groups in total. The van der Waals surface area contributed by atoms with E-state index in [1.54, 1.807) is 0 Å². The number of hydrogen-bond acceptors (Lipinski definition) is 3. The number of pyridine rings is 1. The van der Waals surface area contributed by atoms with Gasteiger partial charge < -0.3 is 10.1 Å². The molecule has 1 aromatic heterocycles. The molecule has 0 aliphatic heterocycles. The summed E-state index contributed by atoms with van der Waals surface area (Å²) >= 11 is 0. The van der Waals surface area contributed by atoms with Crippen LogP contribution < -0.4 is 10.1 Å². The van der Waals surface area contributed by atoms with Crippen molar-refractivity contribution in [2.24, 2.45) is 5.92 Å². The second-order valence-electron chi connectivity index (χ2n) is 5.04. The second-order valence-corrected chi connectivity index (χ2v) is 5.04. The van der Waals surface area contributed by atoms with E-state index in [9.17, 15) is 0 Å². The van der Waals surface area contributed by atoms with Gasteiger partial charge in [-0.15, -0.1) is 0 Å². The van der Waals surface area contributed by atoms with Crippen LogP contribution >= 0.6 is 0 Å². The van der Waals surface area contributed by atoms with Crippen LogP contribution in [0, 0.1) is 5.92 Å². The maximum Gasteiger partial charge on any atom is 0.213 e. The summed E-state index contributed by atoms with van der Waals surface area (Å²) in [5.41, 5.74) is 3.36. The minimum atomic E-state index is 0.561. The lowest BCUT2D eigenvalue weighted by atomic mass is 10.1. The van der Waals surface area contributed by atoms with Gasteiger partial charge in [0.2, 0.25) is 5.88 Å². The summed E-state index contributed by atoms with van der Waals surface area (Å²) in [6.45, 7) is 5.07. The summed E-state index contributed by atoms with van der Waals surface area (Å²) in [6, 6.07) is 12.3. The van der Waals surface area contributed by atoms with Crippen LogP contribution in [0.15, 0.2) is 42.6 Å². The highest BCUT2D eigenvalue weighted by atomic mass is 16.5. The molecule has 20 heavy (non-hydrogen) atoms. The van der Waals surface area contributed by atoms with Gasteiger partial charge in [0.25, 0.3) is 0 Å². The summed E-state index contributed by atoms with van der Waals surface area (Å²) in [5.74, 6) is 1.26. The number of aromatic nitrogens is 1. The molecule has 2 rings (SSSR count). The SMILES string of the molecule is CCC(C)COc1ccc(-c2ccc(NC)cc2)cn1. The smallest absolute Gasteiger partial charge is 0.213 e. The quantitative estimate of drug-likeness (QED) is 0.853. The molecule has 2 aromatic rings. The highest BCUT2D eigenvalue weighted by molar-refractivity contribution is 5.65. The number of rotatable bonds is 6. The maximum absolute atomic E-state index is 5.66. The third kappa shape index (κ3) is 3.73.